The first-order valence-electron chi connectivity index (χ1n) is 10.2. The summed E-state index contributed by atoms with van der Waals surface area (Å²) in [5.41, 5.74) is 2.03. The number of amides is 3. The van der Waals surface area contributed by atoms with Crippen LogP contribution in [0.15, 0.2) is 67.0 Å². The van der Waals surface area contributed by atoms with Crippen molar-refractivity contribution in [3.8, 4) is 11.1 Å². The average Bonchev–Trinajstić information content (AvgIpc) is 2.93. The molecular formula is C24H19FN4O3. The summed E-state index contributed by atoms with van der Waals surface area (Å²) >= 11 is 0. The van der Waals surface area contributed by atoms with Gasteiger partial charge in [0.2, 0.25) is 5.91 Å². The highest BCUT2D eigenvalue weighted by molar-refractivity contribution is 6.11. The number of benzene rings is 2. The molecule has 0 radical (unpaired) electrons. The van der Waals surface area contributed by atoms with E-state index in [2.05, 4.69) is 10.3 Å². The van der Waals surface area contributed by atoms with Gasteiger partial charge in [-0.15, -0.1) is 0 Å². The van der Waals surface area contributed by atoms with Gasteiger partial charge in [-0.05, 0) is 35.9 Å². The molecule has 0 aliphatic carbocycles. The van der Waals surface area contributed by atoms with E-state index < -0.39 is 11.9 Å². The summed E-state index contributed by atoms with van der Waals surface area (Å²) in [4.78, 5) is 46.1. The number of halogens is 1. The Labute approximate surface area is 183 Å². The first kappa shape index (κ1) is 19.9. The van der Waals surface area contributed by atoms with Crippen LogP contribution in [0.3, 0.4) is 0 Å². The summed E-state index contributed by atoms with van der Waals surface area (Å²) in [7, 11) is 0. The summed E-state index contributed by atoms with van der Waals surface area (Å²) < 4.78 is 14.3. The fraction of sp³-hybridized carbons (Fsp3) is 0.167. The molecule has 1 fully saturated rings. The zero-order chi connectivity index (χ0) is 22.2. The Morgan fingerprint density at radius 3 is 2.66 bits per heavy atom. The van der Waals surface area contributed by atoms with E-state index in [9.17, 15) is 18.8 Å². The van der Waals surface area contributed by atoms with Crippen molar-refractivity contribution in [1.29, 1.82) is 0 Å². The van der Waals surface area contributed by atoms with Crippen molar-refractivity contribution in [2.24, 2.45) is 0 Å². The van der Waals surface area contributed by atoms with Gasteiger partial charge in [0.25, 0.3) is 11.8 Å². The van der Waals surface area contributed by atoms with Gasteiger partial charge in [0.15, 0.2) is 0 Å². The highest BCUT2D eigenvalue weighted by atomic mass is 19.1. The third-order valence-corrected chi connectivity index (χ3v) is 5.83. The van der Waals surface area contributed by atoms with Gasteiger partial charge in [-0.3, -0.25) is 19.4 Å². The molecular weight excluding hydrogens is 411 g/mol. The molecule has 1 saturated heterocycles. The van der Waals surface area contributed by atoms with E-state index in [0.29, 0.717) is 34.5 Å². The summed E-state index contributed by atoms with van der Waals surface area (Å²) in [6.07, 6.45) is 3.06. The standard InChI is InChI=1S/C24H19FN4O3/c25-19-6-2-1-5-17(19)15-7-8-20-18(12-15)24(32)29-11-10-28(14-21(29)22(30)27-20)23(31)16-4-3-9-26-13-16/h1-9,12-13,21H,10-11,14H2,(H,27,30)/t21-/m1/s1. The lowest BCUT2D eigenvalue weighted by Gasteiger charge is -2.39. The van der Waals surface area contributed by atoms with Crippen molar-refractivity contribution < 1.29 is 18.8 Å². The van der Waals surface area contributed by atoms with Gasteiger partial charge >= 0.3 is 0 Å². The molecule has 2 aromatic carbocycles. The largest absolute Gasteiger partial charge is 0.334 e. The van der Waals surface area contributed by atoms with Gasteiger partial charge in [-0.1, -0.05) is 24.3 Å². The molecule has 2 aliphatic heterocycles. The molecule has 8 heteroatoms. The van der Waals surface area contributed by atoms with Crippen molar-refractivity contribution in [2.75, 3.05) is 25.0 Å². The van der Waals surface area contributed by atoms with Crippen LogP contribution in [0, 0.1) is 5.82 Å². The normalized spacial score (nSPS) is 17.8. The minimum Gasteiger partial charge on any atom is -0.334 e. The van der Waals surface area contributed by atoms with E-state index in [0.717, 1.165) is 0 Å². The van der Waals surface area contributed by atoms with Crippen molar-refractivity contribution in [1.82, 2.24) is 14.8 Å². The van der Waals surface area contributed by atoms with Crippen LogP contribution in [0.25, 0.3) is 11.1 Å². The van der Waals surface area contributed by atoms with Crippen molar-refractivity contribution in [3.05, 3.63) is 83.9 Å². The summed E-state index contributed by atoms with van der Waals surface area (Å²) in [5.74, 6) is -1.31. The second-order valence-electron chi connectivity index (χ2n) is 7.74. The molecule has 2 aliphatic rings. The maximum Gasteiger partial charge on any atom is 0.256 e. The number of rotatable bonds is 2. The molecule has 160 valence electrons. The number of carbonyl (C=O) groups excluding carboxylic acids is 3. The minimum absolute atomic E-state index is 0.0828. The van der Waals surface area contributed by atoms with E-state index in [-0.39, 0.29) is 30.8 Å². The third kappa shape index (κ3) is 3.39. The van der Waals surface area contributed by atoms with Crippen molar-refractivity contribution in [2.45, 2.75) is 6.04 Å². The molecule has 3 heterocycles. The summed E-state index contributed by atoms with van der Waals surface area (Å²) in [5, 5.41) is 2.80. The quantitative estimate of drug-likeness (QED) is 0.678. The smallest absolute Gasteiger partial charge is 0.256 e. The molecule has 3 amide bonds. The summed E-state index contributed by atoms with van der Waals surface area (Å²) in [6.45, 7) is 0.595. The van der Waals surface area contributed by atoms with Crippen LogP contribution in [-0.2, 0) is 4.79 Å². The lowest BCUT2D eigenvalue weighted by atomic mass is 10.0. The Kier molecular flexibility index (Phi) is 4.89. The molecule has 0 bridgehead atoms. The fourth-order valence-electron chi connectivity index (χ4n) is 4.17. The van der Waals surface area contributed by atoms with E-state index in [4.69, 9.17) is 0 Å². The maximum absolute atomic E-state index is 14.3. The van der Waals surface area contributed by atoms with Gasteiger partial charge < -0.3 is 15.1 Å². The van der Waals surface area contributed by atoms with Gasteiger partial charge in [0, 0.05) is 31.0 Å². The lowest BCUT2D eigenvalue weighted by Crippen LogP contribution is -2.59. The monoisotopic (exact) mass is 430 g/mol. The predicted molar refractivity (Wildman–Crippen MR) is 115 cm³/mol. The maximum atomic E-state index is 14.3. The van der Waals surface area contributed by atoms with E-state index in [1.807, 2.05) is 0 Å². The van der Waals surface area contributed by atoms with Gasteiger partial charge in [0.1, 0.15) is 11.9 Å². The number of hydrogen-bond acceptors (Lipinski definition) is 4. The Morgan fingerprint density at radius 1 is 1.03 bits per heavy atom. The molecule has 0 unspecified atom stereocenters. The van der Waals surface area contributed by atoms with Crippen LogP contribution >= 0.6 is 0 Å². The number of piperazine rings is 1. The predicted octanol–water partition coefficient (Wildman–Crippen LogP) is 2.81. The van der Waals surface area contributed by atoms with Gasteiger partial charge in [-0.25, -0.2) is 4.39 Å². The van der Waals surface area contributed by atoms with Crippen LogP contribution in [0.1, 0.15) is 20.7 Å². The van der Waals surface area contributed by atoms with E-state index in [1.54, 1.807) is 59.6 Å². The molecule has 32 heavy (non-hydrogen) atoms. The van der Waals surface area contributed by atoms with Crippen LogP contribution in [0.5, 0.6) is 0 Å². The van der Waals surface area contributed by atoms with E-state index in [1.165, 1.54) is 17.2 Å². The number of nitrogens with one attached hydrogen (secondary N) is 1. The van der Waals surface area contributed by atoms with Gasteiger partial charge in [-0.2, -0.15) is 0 Å². The SMILES string of the molecule is O=C1Nc2ccc(-c3ccccc3F)cc2C(=O)N2CCN(C(=O)c3cccnc3)C[C@H]12. The lowest BCUT2D eigenvalue weighted by molar-refractivity contribution is -0.121. The molecule has 0 saturated carbocycles. The Bertz CT molecular complexity index is 1230. The minimum atomic E-state index is -0.818. The average molecular weight is 430 g/mol. The Balaban J connectivity index is 1.45. The molecule has 1 atom stereocenters. The van der Waals surface area contributed by atoms with Crippen molar-refractivity contribution in [3.63, 3.8) is 0 Å². The van der Waals surface area contributed by atoms with Crippen LogP contribution in [0.2, 0.25) is 0 Å². The van der Waals surface area contributed by atoms with Gasteiger partial charge in [0.05, 0.1) is 23.4 Å². The zero-order valence-electron chi connectivity index (χ0n) is 17.0. The number of fused-ring (bicyclic) bond motifs is 2. The number of anilines is 1. The topological polar surface area (TPSA) is 82.6 Å². The zero-order valence-corrected chi connectivity index (χ0v) is 17.0. The fourth-order valence-corrected chi connectivity index (χ4v) is 4.17. The highest BCUT2D eigenvalue weighted by Crippen LogP contribution is 2.31. The number of pyridine rings is 1. The molecule has 3 aromatic rings. The summed E-state index contributed by atoms with van der Waals surface area (Å²) in [6, 6.07) is 13.7. The molecule has 7 nitrogen and oxygen atoms in total. The molecule has 0 spiro atoms. The first-order chi connectivity index (χ1) is 15.5. The molecule has 1 N–H and O–H groups in total. The number of aromatic nitrogens is 1. The number of nitrogens with zero attached hydrogens (tertiary/aromatic N) is 3. The number of carbonyl (C=O) groups is 3. The molecule has 5 rings (SSSR count). The van der Waals surface area contributed by atoms with Crippen LogP contribution in [0.4, 0.5) is 10.1 Å². The Morgan fingerprint density at radius 2 is 1.88 bits per heavy atom. The third-order valence-electron chi connectivity index (χ3n) is 5.83. The van der Waals surface area contributed by atoms with Crippen molar-refractivity contribution >= 4 is 23.4 Å². The Hall–Kier alpha value is -4.07. The highest BCUT2D eigenvalue weighted by Gasteiger charge is 2.40. The first-order valence-corrected chi connectivity index (χ1v) is 10.2. The molecule has 1 aromatic heterocycles. The number of hydrogen-bond donors (Lipinski definition) is 1. The van der Waals surface area contributed by atoms with Crippen LogP contribution < -0.4 is 5.32 Å². The van der Waals surface area contributed by atoms with E-state index >= 15 is 0 Å². The second-order valence-corrected chi connectivity index (χ2v) is 7.74. The van der Waals surface area contributed by atoms with Crippen LogP contribution in [-0.4, -0.2) is 58.2 Å². The second kappa shape index (κ2) is 7.88.